The lowest BCUT2D eigenvalue weighted by molar-refractivity contribution is -0.137. The molecule has 0 spiro atoms. The first-order valence-electron chi connectivity index (χ1n) is 4.49. The van der Waals surface area contributed by atoms with E-state index in [0.717, 1.165) is 17.7 Å². The molecule has 1 aromatic rings. The fraction of sp³-hybridized carbons (Fsp3) is 0.455. The van der Waals surface area contributed by atoms with Gasteiger partial charge in [0.2, 0.25) is 0 Å². The van der Waals surface area contributed by atoms with Crippen LogP contribution in [-0.2, 0) is 11.6 Å². The second-order valence-corrected chi connectivity index (χ2v) is 4.85. The first kappa shape index (κ1) is 12.4. The number of benzene rings is 1. The third-order valence-corrected chi connectivity index (χ3v) is 2.42. The average Bonchev–Trinajstić information content (AvgIpc) is 1.99. The van der Waals surface area contributed by atoms with Gasteiger partial charge in [-0.1, -0.05) is 38.4 Å². The van der Waals surface area contributed by atoms with Crippen molar-refractivity contribution in [3.63, 3.8) is 0 Å². The Kier molecular flexibility index (Phi) is 3.06. The quantitative estimate of drug-likeness (QED) is 0.615. The Morgan fingerprint density at radius 2 is 1.60 bits per heavy atom. The summed E-state index contributed by atoms with van der Waals surface area (Å²) in [7, 11) is 0. The molecule has 0 saturated heterocycles. The molecule has 0 atom stereocenters. The van der Waals surface area contributed by atoms with Gasteiger partial charge in [-0.05, 0) is 23.1 Å². The van der Waals surface area contributed by atoms with Crippen molar-refractivity contribution >= 4 is 11.6 Å². The summed E-state index contributed by atoms with van der Waals surface area (Å²) in [4.78, 5) is 0. The van der Waals surface area contributed by atoms with Gasteiger partial charge < -0.3 is 0 Å². The first-order chi connectivity index (χ1) is 6.62. The minimum atomic E-state index is -4.33. The summed E-state index contributed by atoms with van der Waals surface area (Å²) in [6.45, 7) is 5.71. The number of hydrogen-bond donors (Lipinski definition) is 0. The van der Waals surface area contributed by atoms with Gasteiger partial charge in [-0.2, -0.15) is 13.2 Å². The lowest BCUT2D eigenvalue weighted by atomic mass is 9.86. The Balaban J connectivity index is 3.21. The highest BCUT2D eigenvalue weighted by Crippen LogP contribution is 2.35. The maximum atomic E-state index is 12.3. The molecule has 0 saturated carbocycles. The molecule has 0 aliphatic carbocycles. The van der Waals surface area contributed by atoms with Crippen LogP contribution in [-0.4, -0.2) is 0 Å². The van der Waals surface area contributed by atoms with Crippen LogP contribution < -0.4 is 0 Å². The topological polar surface area (TPSA) is 0 Å². The van der Waals surface area contributed by atoms with Gasteiger partial charge in [0, 0.05) is 5.02 Å². The number of halogens is 4. The van der Waals surface area contributed by atoms with Crippen molar-refractivity contribution in [2.45, 2.75) is 32.4 Å². The summed E-state index contributed by atoms with van der Waals surface area (Å²) >= 11 is 5.82. The monoisotopic (exact) mass is 236 g/mol. The normalized spacial score (nSPS) is 13.0. The van der Waals surface area contributed by atoms with Crippen molar-refractivity contribution in [3.05, 3.63) is 34.3 Å². The van der Waals surface area contributed by atoms with Crippen molar-refractivity contribution in [1.82, 2.24) is 0 Å². The SMILES string of the molecule is CC(C)(C)c1ccc(C(F)(F)F)cc1Cl. The summed E-state index contributed by atoms with van der Waals surface area (Å²) in [6.07, 6.45) is -4.33. The van der Waals surface area contributed by atoms with E-state index in [0.29, 0.717) is 0 Å². The summed E-state index contributed by atoms with van der Waals surface area (Å²) in [5.41, 5.74) is -0.237. The highest BCUT2D eigenvalue weighted by molar-refractivity contribution is 6.31. The second kappa shape index (κ2) is 3.71. The molecule has 4 heteroatoms. The fourth-order valence-corrected chi connectivity index (χ4v) is 1.76. The van der Waals surface area contributed by atoms with E-state index in [2.05, 4.69) is 0 Å². The van der Waals surface area contributed by atoms with Crippen LogP contribution in [0.15, 0.2) is 18.2 Å². The Labute approximate surface area is 92.1 Å². The summed E-state index contributed by atoms with van der Waals surface area (Å²) in [5, 5.41) is 0.164. The van der Waals surface area contributed by atoms with Crippen molar-refractivity contribution in [3.8, 4) is 0 Å². The minimum Gasteiger partial charge on any atom is -0.166 e. The minimum absolute atomic E-state index is 0.164. The van der Waals surface area contributed by atoms with Crippen LogP contribution in [0.4, 0.5) is 13.2 Å². The third kappa shape index (κ3) is 2.88. The zero-order valence-corrected chi connectivity index (χ0v) is 9.50. The standard InChI is InChI=1S/C11H12ClF3/c1-10(2,3)8-5-4-7(6-9(8)12)11(13,14)15/h4-6H,1-3H3. The van der Waals surface area contributed by atoms with Crippen LogP contribution in [0.1, 0.15) is 31.9 Å². The molecule has 0 amide bonds. The average molecular weight is 237 g/mol. The largest absolute Gasteiger partial charge is 0.416 e. The molecule has 0 nitrogen and oxygen atoms in total. The molecule has 0 aliphatic rings. The van der Waals surface area contributed by atoms with Gasteiger partial charge in [0.05, 0.1) is 5.56 Å². The van der Waals surface area contributed by atoms with Gasteiger partial charge in [-0.25, -0.2) is 0 Å². The van der Waals surface area contributed by atoms with E-state index in [1.165, 1.54) is 6.07 Å². The van der Waals surface area contributed by atoms with E-state index >= 15 is 0 Å². The second-order valence-electron chi connectivity index (χ2n) is 4.44. The predicted molar refractivity (Wildman–Crippen MR) is 55.2 cm³/mol. The van der Waals surface area contributed by atoms with Crippen LogP contribution in [0.2, 0.25) is 5.02 Å². The maximum absolute atomic E-state index is 12.3. The summed E-state index contributed by atoms with van der Waals surface area (Å²) < 4.78 is 37.0. The first-order valence-corrected chi connectivity index (χ1v) is 4.87. The highest BCUT2D eigenvalue weighted by atomic mass is 35.5. The Morgan fingerprint density at radius 3 is 1.93 bits per heavy atom. The van der Waals surface area contributed by atoms with Crippen LogP contribution in [0.5, 0.6) is 0 Å². The molecular weight excluding hydrogens is 225 g/mol. The zero-order chi connectivity index (χ0) is 11.9. The molecule has 1 rings (SSSR count). The van der Waals surface area contributed by atoms with Crippen LogP contribution in [0.25, 0.3) is 0 Å². The van der Waals surface area contributed by atoms with Crippen LogP contribution in [0, 0.1) is 0 Å². The molecule has 0 aliphatic heterocycles. The molecule has 0 fully saturated rings. The number of rotatable bonds is 0. The molecule has 15 heavy (non-hydrogen) atoms. The van der Waals surface area contributed by atoms with Gasteiger partial charge in [-0.3, -0.25) is 0 Å². The number of hydrogen-bond acceptors (Lipinski definition) is 0. The van der Waals surface area contributed by atoms with Gasteiger partial charge in [0.15, 0.2) is 0 Å². The van der Waals surface area contributed by atoms with Crippen molar-refractivity contribution in [2.75, 3.05) is 0 Å². The van der Waals surface area contributed by atoms with E-state index in [9.17, 15) is 13.2 Å². The van der Waals surface area contributed by atoms with E-state index in [4.69, 9.17) is 11.6 Å². The van der Waals surface area contributed by atoms with Gasteiger partial charge >= 0.3 is 6.18 Å². The Bertz CT molecular complexity index is 361. The van der Waals surface area contributed by atoms with Crippen LogP contribution in [0.3, 0.4) is 0 Å². The molecule has 0 N–H and O–H groups in total. The zero-order valence-electron chi connectivity index (χ0n) is 8.74. The predicted octanol–water partition coefficient (Wildman–Crippen LogP) is 4.66. The van der Waals surface area contributed by atoms with E-state index < -0.39 is 11.7 Å². The lowest BCUT2D eigenvalue weighted by Crippen LogP contribution is -2.13. The smallest absolute Gasteiger partial charge is 0.166 e. The van der Waals surface area contributed by atoms with E-state index in [1.54, 1.807) is 0 Å². The van der Waals surface area contributed by atoms with Crippen molar-refractivity contribution in [1.29, 1.82) is 0 Å². The van der Waals surface area contributed by atoms with Crippen molar-refractivity contribution < 1.29 is 13.2 Å². The summed E-state index contributed by atoms with van der Waals surface area (Å²) in [6, 6.07) is 3.47. The molecule has 0 radical (unpaired) electrons. The third-order valence-electron chi connectivity index (χ3n) is 2.10. The van der Waals surface area contributed by atoms with Crippen molar-refractivity contribution in [2.24, 2.45) is 0 Å². The summed E-state index contributed by atoms with van der Waals surface area (Å²) in [5.74, 6) is 0. The van der Waals surface area contributed by atoms with Gasteiger partial charge in [-0.15, -0.1) is 0 Å². The Hall–Kier alpha value is -0.700. The van der Waals surface area contributed by atoms with E-state index in [-0.39, 0.29) is 10.4 Å². The molecule has 84 valence electrons. The molecule has 1 aromatic carbocycles. The van der Waals surface area contributed by atoms with Gasteiger partial charge in [0.1, 0.15) is 0 Å². The molecule has 0 heterocycles. The van der Waals surface area contributed by atoms with Crippen LogP contribution >= 0.6 is 11.6 Å². The fourth-order valence-electron chi connectivity index (χ4n) is 1.30. The molecule has 0 unspecified atom stereocenters. The number of alkyl halides is 3. The molecule has 0 bridgehead atoms. The van der Waals surface area contributed by atoms with Gasteiger partial charge in [0.25, 0.3) is 0 Å². The van der Waals surface area contributed by atoms with E-state index in [1.807, 2.05) is 20.8 Å². The molecule has 0 aromatic heterocycles. The maximum Gasteiger partial charge on any atom is 0.416 e. The Morgan fingerprint density at radius 1 is 1.07 bits per heavy atom. The lowest BCUT2D eigenvalue weighted by Gasteiger charge is -2.21. The molecular formula is C11H12ClF3. The highest BCUT2D eigenvalue weighted by Gasteiger charge is 2.31.